The Bertz CT molecular complexity index is 498. The maximum Gasteiger partial charge on any atom is 0.387 e. The van der Waals surface area contributed by atoms with Gasteiger partial charge in [0.15, 0.2) is 5.75 Å². The lowest BCUT2D eigenvalue weighted by Crippen LogP contribution is -2.11. The number of nitrogens with zero attached hydrogens (tertiary/aromatic N) is 1. The van der Waals surface area contributed by atoms with Crippen molar-refractivity contribution in [2.24, 2.45) is 0 Å². The van der Waals surface area contributed by atoms with Crippen LogP contribution in [0.15, 0.2) is 12.1 Å². The number of nitrogen functional groups attached to an aromatic ring is 1. The molecule has 1 aromatic carbocycles. The van der Waals surface area contributed by atoms with Crippen molar-refractivity contribution < 1.29 is 23.0 Å². The Labute approximate surface area is 102 Å². The van der Waals surface area contributed by atoms with Gasteiger partial charge in [0, 0.05) is 5.56 Å². The summed E-state index contributed by atoms with van der Waals surface area (Å²) in [5, 5.41) is 8.74. The summed E-state index contributed by atoms with van der Waals surface area (Å²) in [7, 11) is 1.16. The van der Waals surface area contributed by atoms with Crippen LogP contribution in [0, 0.1) is 11.3 Å². The standard InChI is InChI=1S/C11H10F2N2O3/c1-17-9(16)4-7-2-6(5-14)3-8(15)10(7)18-11(12)13/h2-3,11H,4,15H2,1H3. The molecule has 18 heavy (non-hydrogen) atoms. The van der Waals surface area contributed by atoms with Gasteiger partial charge >= 0.3 is 12.6 Å². The number of nitrogens with two attached hydrogens (primary N) is 1. The van der Waals surface area contributed by atoms with Gasteiger partial charge in [-0.25, -0.2) is 0 Å². The van der Waals surface area contributed by atoms with E-state index in [1.807, 2.05) is 0 Å². The van der Waals surface area contributed by atoms with Gasteiger partial charge in [-0.3, -0.25) is 4.79 Å². The lowest BCUT2D eigenvalue weighted by molar-refractivity contribution is -0.139. The monoisotopic (exact) mass is 256 g/mol. The molecule has 1 rings (SSSR count). The van der Waals surface area contributed by atoms with Crippen LogP contribution in [0.2, 0.25) is 0 Å². The highest BCUT2D eigenvalue weighted by atomic mass is 19.3. The minimum absolute atomic E-state index is 0.0821. The van der Waals surface area contributed by atoms with E-state index < -0.39 is 12.6 Å². The second-order valence-electron chi connectivity index (χ2n) is 3.30. The maximum absolute atomic E-state index is 12.2. The fraction of sp³-hybridized carbons (Fsp3) is 0.273. The number of hydrogen-bond acceptors (Lipinski definition) is 5. The fourth-order valence-electron chi connectivity index (χ4n) is 1.37. The van der Waals surface area contributed by atoms with Gasteiger partial charge < -0.3 is 15.2 Å². The Kier molecular flexibility index (Phi) is 4.43. The zero-order valence-electron chi connectivity index (χ0n) is 9.44. The second kappa shape index (κ2) is 5.82. The van der Waals surface area contributed by atoms with E-state index in [2.05, 4.69) is 9.47 Å². The van der Waals surface area contributed by atoms with Crippen molar-refractivity contribution >= 4 is 11.7 Å². The molecule has 0 amide bonds. The van der Waals surface area contributed by atoms with Gasteiger partial charge in [0.1, 0.15) is 0 Å². The number of carbonyl (C=O) groups is 1. The van der Waals surface area contributed by atoms with E-state index in [0.29, 0.717) is 0 Å². The highest BCUT2D eigenvalue weighted by Crippen LogP contribution is 2.30. The van der Waals surface area contributed by atoms with Crippen LogP contribution in [0.5, 0.6) is 5.75 Å². The minimum atomic E-state index is -3.07. The molecule has 1 aromatic rings. The van der Waals surface area contributed by atoms with Crippen LogP contribution in [-0.2, 0) is 16.0 Å². The number of ether oxygens (including phenoxy) is 2. The molecule has 96 valence electrons. The zero-order valence-corrected chi connectivity index (χ0v) is 9.44. The van der Waals surface area contributed by atoms with Crippen LogP contribution in [0.25, 0.3) is 0 Å². The molecule has 2 N–H and O–H groups in total. The average molecular weight is 256 g/mol. The van der Waals surface area contributed by atoms with Gasteiger partial charge in [-0.05, 0) is 12.1 Å². The predicted molar refractivity (Wildman–Crippen MR) is 57.9 cm³/mol. The van der Waals surface area contributed by atoms with Gasteiger partial charge in [-0.15, -0.1) is 0 Å². The largest absolute Gasteiger partial charge is 0.469 e. The SMILES string of the molecule is COC(=O)Cc1cc(C#N)cc(N)c1OC(F)F. The van der Waals surface area contributed by atoms with Crippen molar-refractivity contribution in [3.05, 3.63) is 23.3 Å². The topological polar surface area (TPSA) is 85.3 Å². The molecule has 0 fully saturated rings. The van der Waals surface area contributed by atoms with E-state index in [9.17, 15) is 13.6 Å². The number of alkyl halides is 2. The number of rotatable bonds is 4. The van der Waals surface area contributed by atoms with Crippen molar-refractivity contribution in [1.82, 2.24) is 0 Å². The Morgan fingerprint density at radius 1 is 1.56 bits per heavy atom. The number of carbonyl (C=O) groups excluding carboxylic acids is 1. The molecule has 0 heterocycles. The van der Waals surface area contributed by atoms with E-state index in [1.165, 1.54) is 12.1 Å². The molecule has 0 atom stereocenters. The summed E-state index contributed by atoms with van der Waals surface area (Å²) in [5.41, 5.74) is 5.60. The first-order valence-corrected chi connectivity index (χ1v) is 4.82. The number of halogens is 2. The van der Waals surface area contributed by atoms with Crippen molar-refractivity contribution in [2.45, 2.75) is 13.0 Å². The van der Waals surface area contributed by atoms with E-state index in [4.69, 9.17) is 11.0 Å². The summed E-state index contributed by atoms with van der Waals surface area (Å²) < 4.78 is 33.1. The Morgan fingerprint density at radius 2 is 2.22 bits per heavy atom. The fourth-order valence-corrected chi connectivity index (χ4v) is 1.37. The molecule has 0 aliphatic heterocycles. The smallest absolute Gasteiger partial charge is 0.387 e. The number of anilines is 1. The second-order valence-corrected chi connectivity index (χ2v) is 3.30. The normalized spacial score (nSPS) is 9.94. The summed E-state index contributed by atoms with van der Waals surface area (Å²) in [5.74, 6) is -0.960. The van der Waals surface area contributed by atoms with Crippen LogP contribution >= 0.6 is 0 Å². The van der Waals surface area contributed by atoms with Crippen LogP contribution in [0.1, 0.15) is 11.1 Å². The van der Waals surface area contributed by atoms with Crippen molar-refractivity contribution in [3.63, 3.8) is 0 Å². The summed E-state index contributed by atoms with van der Waals surface area (Å²) in [4.78, 5) is 11.1. The number of benzene rings is 1. The molecule has 0 spiro atoms. The van der Waals surface area contributed by atoms with Crippen LogP contribution in [0.3, 0.4) is 0 Å². The quantitative estimate of drug-likeness (QED) is 0.651. The lowest BCUT2D eigenvalue weighted by atomic mass is 10.1. The van der Waals surface area contributed by atoms with Crippen LogP contribution in [0.4, 0.5) is 14.5 Å². The summed E-state index contributed by atoms with van der Waals surface area (Å²) in [6, 6.07) is 4.25. The van der Waals surface area contributed by atoms with Crippen LogP contribution < -0.4 is 10.5 Å². The Morgan fingerprint density at radius 3 is 2.72 bits per heavy atom. The molecule has 0 bridgehead atoms. The molecule has 0 saturated heterocycles. The molecule has 0 aromatic heterocycles. The lowest BCUT2D eigenvalue weighted by Gasteiger charge is -2.13. The molecule has 7 heteroatoms. The molecule has 0 aliphatic rings. The summed E-state index contributed by atoms with van der Waals surface area (Å²) in [6.07, 6.45) is -0.307. The molecular weight excluding hydrogens is 246 g/mol. The molecule has 0 unspecified atom stereocenters. The molecule has 0 aliphatic carbocycles. The Hall–Kier alpha value is -2.36. The van der Waals surface area contributed by atoms with E-state index in [-0.39, 0.29) is 29.0 Å². The third-order valence-corrected chi connectivity index (χ3v) is 2.09. The molecular formula is C11H10F2N2O3. The average Bonchev–Trinajstić information content (AvgIpc) is 2.32. The van der Waals surface area contributed by atoms with Crippen molar-refractivity contribution in [3.8, 4) is 11.8 Å². The van der Waals surface area contributed by atoms with E-state index >= 15 is 0 Å². The summed E-state index contributed by atoms with van der Waals surface area (Å²) in [6.45, 7) is -3.07. The van der Waals surface area contributed by atoms with E-state index in [1.54, 1.807) is 6.07 Å². The van der Waals surface area contributed by atoms with Gasteiger partial charge in [-0.1, -0.05) is 0 Å². The van der Waals surface area contributed by atoms with Crippen LogP contribution in [-0.4, -0.2) is 19.7 Å². The highest BCUT2D eigenvalue weighted by molar-refractivity contribution is 5.75. The minimum Gasteiger partial charge on any atom is -0.469 e. The first-order chi connectivity index (χ1) is 8.47. The number of esters is 1. The van der Waals surface area contributed by atoms with Crippen molar-refractivity contribution in [1.29, 1.82) is 5.26 Å². The predicted octanol–water partition coefficient (Wildman–Crippen LogP) is 1.46. The van der Waals surface area contributed by atoms with Crippen molar-refractivity contribution in [2.75, 3.05) is 12.8 Å². The number of nitriles is 1. The molecule has 0 saturated carbocycles. The highest BCUT2D eigenvalue weighted by Gasteiger charge is 2.17. The number of hydrogen-bond donors (Lipinski definition) is 1. The Balaban J connectivity index is 3.20. The van der Waals surface area contributed by atoms with Gasteiger partial charge in [0.25, 0.3) is 0 Å². The van der Waals surface area contributed by atoms with Gasteiger partial charge in [0.2, 0.25) is 0 Å². The van der Waals surface area contributed by atoms with Gasteiger partial charge in [0.05, 0.1) is 30.9 Å². The van der Waals surface area contributed by atoms with E-state index in [0.717, 1.165) is 7.11 Å². The first kappa shape index (κ1) is 13.7. The van der Waals surface area contributed by atoms with Gasteiger partial charge in [-0.2, -0.15) is 14.0 Å². The summed E-state index contributed by atoms with van der Waals surface area (Å²) >= 11 is 0. The molecule has 5 nitrogen and oxygen atoms in total. The molecule has 0 radical (unpaired) electrons. The maximum atomic E-state index is 12.2. The number of methoxy groups -OCH3 is 1. The third kappa shape index (κ3) is 3.31. The third-order valence-electron chi connectivity index (χ3n) is 2.09. The first-order valence-electron chi connectivity index (χ1n) is 4.82. The zero-order chi connectivity index (χ0) is 13.7.